The van der Waals surface area contributed by atoms with Crippen molar-refractivity contribution >= 4 is 37.8 Å². The number of morpholine rings is 1. The van der Waals surface area contributed by atoms with Crippen molar-refractivity contribution in [1.29, 1.82) is 0 Å². The zero-order chi connectivity index (χ0) is 20.1. The number of halogens is 1. The second-order valence-electron chi connectivity index (χ2n) is 6.79. The van der Waals surface area contributed by atoms with E-state index in [9.17, 15) is 18.0 Å². The van der Waals surface area contributed by atoms with Crippen LogP contribution in [0.5, 0.6) is 0 Å². The molecule has 8 nitrogen and oxygen atoms in total. The molecule has 154 valence electrons. The molecule has 0 unspecified atom stereocenters. The number of carbonyl (C=O) groups is 2. The van der Waals surface area contributed by atoms with Gasteiger partial charge >= 0.3 is 5.97 Å². The van der Waals surface area contributed by atoms with E-state index in [1.165, 1.54) is 22.5 Å². The number of rotatable bonds is 6. The van der Waals surface area contributed by atoms with Gasteiger partial charge in [0.15, 0.2) is 6.61 Å². The number of benzene rings is 1. The number of nitrogens with zero attached hydrogens (tertiary/aromatic N) is 1. The van der Waals surface area contributed by atoms with E-state index in [2.05, 4.69) is 21.2 Å². The van der Waals surface area contributed by atoms with Crippen LogP contribution in [0.2, 0.25) is 0 Å². The van der Waals surface area contributed by atoms with Crippen LogP contribution in [-0.4, -0.2) is 63.6 Å². The molecule has 0 radical (unpaired) electrons. The highest BCUT2D eigenvalue weighted by Gasteiger charge is 2.29. The van der Waals surface area contributed by atoms with Gasteiger partial charge in [0.2, 0.25) is 10.0 Å². The molecular formula is C18H23BrN2O6S. The molecule has 28 heavy (non-hydrogen) atoms. The highest BCUT2D eigenvalue weighted by molar-refractivity contribution is 9.10. The van der Waals surface area contributed by atoms with Crippen LogP contribution in [-0.2, 0) is 24.3 Å². The van der Waals surface area contributed by atoms with E-state index in [1.54, 1.807) is 0 Å². The minimum absolute atomic E-state index is 0.0146. The fourth-order valence-electron chi connectivity index (χ4n) is 3.31. The van der Waals surface area contributed by atoms with Crippen molar-refractivity contribution < 1.29 is 27.5 Å². The Morgan fingerprint density at radius 1 is 1.21 bits per heavy atom. The third kappa shape index (κ3) is 5.11. The van der Waals surface area contributed by atoms with Crippen LogP contribution in [0.1, 0.15) is 36.0 Å². The van der Waals surface area contributed by atoms with Crippen molar-refractivity contribution in [1.82, 2.24) is 9.62 Å². The highest BCUT2D eigenvalue weighted by atomic mass is 79.9. The van der Waals surface area contributed by atoms with E-state index in [1.807, 2.05) is 0 Å². The summed E-state index contributed by atoms with van der Waals surface area (Å²) in [5, 5.41) is 2.84. The number of hydrogen-bond acceptors (Lipinski definition) is 6. The van der Waals surface area contributed by atoms with E-state index in [0.717, 1.165) is 25.7 Å². The summed E-state index contributed by atoms with van der Waals surface area (Å²) in [4.78, 5) is 24.2. The summed E-state index contributed by atoms with van der Waals surface area (Å²) >= 11 is 3.24. The molecule has 1 aromatic rings. The average Bonchev–Trinajstić information content (AvgIpc) is 3.20. The topological polar surface area (TPSA) is 102 Å². The minimum Gasteiger partial charge on any atom is -0.452 e. The lowest BCUT2D eigenvalue weighted by atomic mass is 10.2. The largest absolute Gasteiger partial charge is 0.452 e. The normalized spacial score (nSPS) is 18.8. The molecule has 1 saturated carbocycles. The summed E-state index contributed by atoms with van der Waals surface area (Å²) in [6.45, 7) is 0.774. The SMILES string of the molecule is O=C(COC(=O)c1ccc(Br)c(S(=O)(=O)N2CCOCC2)c1)NC1CCCC1. The zero-order valence-electron chi connectivity index (χ0n) is 15.4. The van der Waals surface area contributed by atoms with Crippen LogP contribution in [0.3, 0.4) is 0 Å². The maximum atomic E-state index is 12.9. The minimum atomic E-state index is -3.78. The number of esters is 1. The molecule has 1 aliphatic heterocycles. The van der Waals surface area contributed by atoms with Gasteiger partial charge in [-0.2, -0.15) is 4.31 Å². The first-order chi connectivity index (χ1) is 13.4. The zero-order valence-corrected chi connectivity index (χ0v) is 17.8. The molecule has 0 aromatic heterocycles. The van der Waals surface area contributed by atoms with Crippen molar-refractivity contribution in [3.63, 3.8) is 0 Å². The van der Waals surface area contributed by atoms with Crippen molar-refractivity contribution in [3.05, 3.63) is 28.2 Å². The summed E-state index contributed by atoms with van der Waals surface area (Å²) in [7, 11) is -3.78. The van der Waals surface area contributed by atoms with E-state index in [-0.39, 0.29) is 35.5 Å². The molecule has 1 heterocycles. The van der Waals surface area contributed by atoms with Gasteiger partial charge in [-0.1, -0.05) is 12.8 Å². The Morgan fingerprint density at radius 3 is 2.57 bits per heavy atom. The van der Waals surface area contributed by atoms with Gasteiger partial charge in [-0.05, 0) is 47.0 Å². The predicted octanol–water partition coefficient (Wildman–Crippen LogP) is 1.69. The van der Waals surface area contributed by atoms with Crippen molar-refractivity contribution in [2.45, 2.75) is 36.6 Å². The molecule has 1 N–H and O–H groups in total. The van der Waals surface area contributed by atoms with Crippen LogP contribution in [0.4, 0.5) is 0 Å². The van der Waals surface area contributed by atoms with Crippen LogP contribution >= 0.6 is 15.9 Å². The fourth-order valence-corrected chi connectivity index (χ4v) is 5.67. The lowest BCUT2D eigenvalue weighted by Gasteiger charge is -2.26. The molecule has 0 bridgehead atoms. The molecule has 1 aliphatic carbocycles. The first-order valence-electron chi connectivity index (χ1n) is 9.22. The summed E-state index contributed by atoms with van der Waals surface area (Å²) in [5.41, 5.74) is 0.0729. The predicted molar refractivity (Wildman–Crippen MR) is 104 cm³/mol. The second-order valence-corrected chi connectivity index (χ2v) is 9.55. The first-order valence-corrected chi connectivity index (χ1v) is 11.4. The van der Waals surface area contributed by atoms with Gasteiger partial charge in [-0.3, -0.25) is 4.79 Å². The summed E-state index contributed by atoms with van der Waals surface area (Å²) in [5.74, 6) is -1.09. The van der Waals surface area contributed by atoms with Crippen molar-refractivity contribution in [2.75, 3.05) is 32.9 Å². The number of amides is 1. The number of sulfonamides is 1. The van der Waals surface area contributed by atoms with Crippen LogP contribution in [0.15, 0.2) is 27.6 Å². The monoisotopic (exact) mass is 474 g/mol. The van der Waals surface area contributed by atoms with Crippen molar-refractivity contribution in [3.8, 4) is 0 Å². The number of hydrogen-bond donors (Lipinski definition) is 1. The number of carbonyl (C=O) groups excluding carboxylic acids is 2. The molecule has 1 amide bonds. The molecule has 1 saturated heterocycles. The van der Waals surface area contributed by atoms with Gasteiger partial charge < -0.3 is 14.8 Å². The molecule has 2 fully saturated rings. The Hall–Kier alpha value is -1.49. The highest BCUT2D eigenvalue weighted by Crippen LogP contribution is 2.27. The lowest BCUT2D eigenvalue weighted by Crippen LogP contribution is -2.40. The van der Waals surface area contributed by atoms with E-state index >= 15 is 0 Å². The fraction of sp³-hybridized carbons (Fsp3) is 0.556. The summed E-state index contributed by atoms with van der Waals surface area (Å²) < 4.78 is 37.7. The van der Waals surface area contributed by atoms with Gasteiger partial charge in [0.25, 0.3) is 5.91 Å². The van der Waals surface area contributed by atoms with E-state index in [0.29, 0.717) is 17.7 Å². The summed E-state index contributed by atoms with van der Waals surface area (Å²) in [6, 6.07) is 4.36. The third-order valence-corrected chi connectivity index (χ3v) is 7.70. The molecule has 10 heteroatoms. The van der Waals surface area contributed by atoms with Crippen LogP contribution in [0.25, 0.3) is 0 Å². The summed E-state index contributed by atoms with van der Waals surface area (Å²) in [6.07, 6.45) is 4.05. The van der Waals surface area contributed by atoms with Gasteiger partial charge in [0, 0.05) is 23.6 Å². The van der Waals surface area contributed by atoms with E-state index in [4.69, 9.17) is 9.47 Å². The third-order valence-electron chi connectivity index (χ3n) is 4.81. The first kappa shape index (κ1) is 21.2. The quantitative estimate of drug-likeness (QED) is 0.629. The van der Waals surface area contributed by atoms with Gasteiger partial charge in [-0.25, -0.2) is 13.2 Å². The van der Waals surface area contributed by atoms with Crippen LogP contribution in [0, 0.1) is 0 Å². The Bertz CT molecular complexity index is 832. The standard InChI is InChI=1S/C18H23BrN2O6S/c19-15-6-5-13(11-16(15)28(24,25)21-7-9-26-10-8-21)18(23)27-12-17(22)20-14-3-1-2-4-14/h5-6,11,14H,1-4,7-10,12H2,(H,20,22). The van der Waals surface area contributed by atoms with Crippen LogP contribution < -0.4 is 5.32 Å². The van der Waals surface area contributed by atoms with E-state index < -0.39 is 22.6 Å². The Kier molecular flexibility index (Phi) is 7.08. The molecule has 0 atom stereocenters. The van der Waals surface area contributed by atoms with Gasteiger partial charge in [0.1, 0.15) is 0 Å². The maximum Gasteiger partial charge on any atom is 0.338 e. The van der Waals surface area contributed by atoms with Gasteiger partial charge in [0.05, 0.1) is 23.7 Å². The number of nitrogens with one attached hydrogen (secondary N) is 1. The molecule has 0 spiro atoms. The van der Waals surface area contributed by atoms with Gasteiger partial charge in [-0.15, -0.1) is 0 Å². The smallest absolute Gasteiger partial charge is 0.338 e. The molecule has 2 aliphatic rings. The molecular weight excluding hydrogens is 452 g/mol. The number of ether oxygens (including phenoxy) is 2. The Balaban J connectivity index is 1.66. The molecule has 3 rings (SSSR count). The average molecular weight is 475 g/mol. The molecule has 1 aromatic carbocycles. The maximum absolute atomic E-state index is 12.9. The Morgan fingerprint density at radius 2 is 1.89 bits per heavy atom. The second kappa shape index (κ2) is 9.34. The Labute approximate surface area is 172 Å². The van der Waals surface area contributed by atoms with Crippen molar-refractivity contribution in [2.24, 2.45) is 0 Å². The lowest BCUT2D eigenvalue weighted by molar-refractivity contribution is -0.124.